The van der Waals surface area contributed by atoms with Crippen molar-refractivity contribution in [2.24, 2.45) is 29.4 Å². The van der Waals surface area contributed by atoms with Gasteiger partial charge in [0.2, 0.25) is 5.91 Å². The second-order valence-electron chi connectivity index (χ2n) is 9.19. The molecule has 2 aliphatic rings. The van der Waals surface area contributed by atoms with Gasteiger partial charge in [0.05, 0.1) is 46.2 Å². The van der Waals surface area contributed by atoms with Crippen LogP contribution in [-0.4, -0.2) is 83.5 Å². The van der Waals surface area contributed by atoms with Gasteiger partial charge in [0.15, 0.2) is 0 Å². The van der Waals surface area contributed by atoms with Crippen molar-refractivity contribution in [3.8, 4) is 11.8 Å². The van der Waals surface area contributed by atoms with E-state index in [1.807, 2.05) is 0 Å². The topological polar surface area (TPSA) is 147 Å². The molecule has 0 aromatic rings. The van der Waals surface area contributed by atoms with Gasteiger partial charge in [-0.25, -0.2) is 9.59 Å². The largest absolute Gasteiger partial charge is 0.449 e. The lowest BCUT2D eigenvalue weighted by molar-refractivity contribution is -0.120. The Morgan fingerprint density at radius 3 is 1.94 bits per heavy atom. The van der Waals surface area contributed by atoms with Crippen LogP contribution < -0.4 is 16.4 Å². The molecule has 0 spiro atoms. The second kappa shape index (κ2) is 17.0. The van der Waals surface area contributed by atoms with E-state index in [1.54, 1.807) is 13.8 Å². The third kappa shape index (κ3) is 11.9. The van der Waals surface area contributed by atoms with Crippen LogP contribution in [0.4, 0.5) is 9.59 Å². The quantitative estimate of drug-likeness (QED) is 0.196. The zero-order valence-electron chi connectivity index (χ0n) is 21.4. The molecular weight excluding hydrogens is 470 g/mol. The Balaban J connectivity index is 1.32. The zero-order valence-corrected chi connectivity index (χ0v) is 21.4. The molecule has 11 nitrogen and oxygen atoms in total. The van der Waals surface area contributed by atoms with Gasteiger partial charge in [0.1, 0.15) is 12.6 Å². The van der Waals surface area contributed by atoms with Gasteiger partial charge in [0, 0.05) is 19.4 Å². The van der Waals surface area contributed by atoms with Crippen molar-refractivity contribution >= 4 is 18.1 Å². The molecule has 2 aliphatic carbocycles. The molecule has 1 fully saturated rings. The number of carbonyl (C=O) groups is 3. The van der Waals surface area contributed by atoms with E-state index in [1.165, 1.54) is 0 Å². The van der Waals surface area contributed by atoms with Crippen LogP contribution >= 0.6 is 0 Å². The Bertz CT molecular complexity index is 733. The van der Waals surface area contributed by atoms with Crippen molar-refractivity contribution in [1.29, 1.82) is 0 Å². The van der Waals surface area contributed by atoms with Gasteiger partial charge >= 0.3 is 12.2 Å². The zero-order chi connectivity index (χ0) is 26.2. The van der Waals surface area contributed by atoms with E-state index in [4.69, 9.17) is 29.4 Å². The SMILES string of the molecule is CC(C)[C@H](NC(=O)OCCOCCOCCOCCNC(=O)OCC1[C@H]2CCC#CCC[C@@H]12)C(N)=O. The molecule has 2 rings (SSSR count). The maximum Gasteiger partial charge on any atom is 0.407 e. The third-order valence-corrected chi connectivity index (χ3v) is 6.21. The summed E-state index contributed by atoms with van der Waals surface area (Å²) < 4.78 is 26.4. The average Bonchev–Trinajstić information content (AvgIpc) is 3.47. The fourth-order valence-corrected chi connectivity index (χ4v) is 4.20. The maximum absolute atomic E-state index is 11.8. The Labute approximate surface area is 213 Å². The fraction of sp³-hybridized carbons (Fsp3) is 0.800. The van der Waals surface area contributed by atoms with Gasteiger partial charge in [-0.3, -0.25) is 4.79 Å². The molecule has 0 aliphatic heterocycles. The molecule has 204 valence electrons. The minimum absolute atomic E-state index is 0.0464. The molecule has 1 saturated carbocycles. The standard InChI is InChI=1S/C25H41N3O8/c1-18(2)22(23(26)29)28-25(31)35-16-15-34-14-13-33-12-11-32-10-9-27-24(30)36-17-21-19-7-5-3-4-6-8-20(19)21/h18-22H,5-17H2,1-2H3,(H2,26,29)(H,27,30)(H,28,31)/t19-,20+,21?,22-/m0/s1. The van der Waals surface area contributed by atoms with Crippen LogP contribution in [0.5, 0.6) is 0 Å². The van der Waals surface area contributed by atoms with Crippen LogP contribution in [0.3, 0.4) is 0 Å². The predicted molar refractivity (Wildman–Crippen MR) is 131 cm³/mol. The Morgan fingerprint density at radius 1 is 0.833 bits per heavy atom. The number of rotatable bonds is 17. The highest BCUT2D eigenvalue weighted by atomic mass is 16.6. The van der Waals surface area contributed by atoms with Crippen molar-refractivity contribution < 1.29 is 38.1 Å². The lowest BCUT2D eigenvalue weighted by atomic mass is 10.0. The van der Waals surface area contributed by atoms with Gasteiger partial charge < -0.3 is 40.1 Å². The first-order valence-corrected chi connectivity index (χ1v) is 12.7. The predicted octanol–water partition coefficient (Wildman–Crippen LogP) is 1.44. The van der Waals surface area contributed by atoms with Crippen molar-refractivity contribution in [2.45, 2.75) is 45.6 Å². The van der Waals surface area contributed by atoms with Crippen LogP contribution in [0.25, 0.3) is 0 Å². The number of ether oxygens (including phenoxy) is 5. The first-order valence-electron chi connectivity index (χ1n) is 12.7. The summed E-state index contributed by atoms with van der Waals surface area (Å²) in [5.74, 6) is 7.42. The Kier molecular flexibility index (Phi) is 14.0. The van der Waals surface area contributed by atoms with E-state index >= 15 is 0 Å². The van der Waals surface area contributed by atoms with Crippen molar-refractivity contribution in [1.82, 2.24) is 10.6 Å². The number of carbonyl (C=O) groups excluding carboxylic acids is 3. The first-order chi connectivity index (χ1) is 17.4. The fourth-order valence-electron chi connectivity index (χ4n) is 4.20. The summed E-state index contributed by atoms with van der Waals surface area (Å²) in [7, 11) is 0. The highest BCUT2D eigenvalue weighted by Gasteiger charge is 2.49. The van der Waals surface area contributed by atoms with Gasteiger partial charge in [0.25, 0.3) is 0 Å². The van der Waals surface area contributed by atoms with E-state index < -0.39 is 24.1 Å². The smallest absolute Gasteiger partial charge is 0.407 e. The average molecular weight is 512 g/mol. The molecule has 36 heavy (non-hydrogen) atoms. The summed E-state index contributed by atoms with van der Waals surface area (Å²) in [5.41, 5.74) is 5.23. The minimum atomic E-state index is -0.777. The number of amides is 3. The summed E-state index contributed by atoms with van der Waals surface area (Å²) in [4.78, 5) is 34.7. The van der Waals surface area contributed by atoms with E-state index in [2.05, 4.69) is 22.5 Å². The van der Waals surface area contributed by atoms with Gasteiger partial charge in [-0.15, -0.1) is 11.8 Å². The van der Waals surface area contributed by atoms with Crippen LogP contribution in [0, 0.1) is 35.5 Å². The van der Waals surface area contributed by atoms with Gasteiger partial charge in [-0.2, -0.15) is 0 Å². The van der Waals surface area contributed by atoms with Crippen molar-refractivity contribution in [3.63, 3.8) is 0 Å². The molecule has 3 amide bonds. The van der Waals surface area contributed by atoms with Gasteiger partial charge in [-0.05, 0) is 36.5 Å². The molecular formula is C25H41N3O8. The number of primary amides is 1. The molecule has 0 aromatic heterocycles. The molecule has 4 N–H and O–H groups in total. The summed E-state index contributed by atoms with van der Waals surface area (Å²) in [6, 6.07) is -0.777. The van der Waals surface area contributed by atoms with Crippen molar-refractivity contribution in [2.75, 3.05) is 59.4 Å². The summed E-state index contributed by atoms with van der Waals surface area (Å²) >= 11 is 0. The molecule has 0 radical (unpaired) electrons. The molecule has 0 heterocycles. The number of nitrogens with two attached hydrogens (primary N) is 1. The van der Waals surface area contributed by atoms with E-state index in [0.717, 1.165) is 25.7 Å². The number of nitrogens with one attached hydrogen (secondary N) is 2. The maximum atomic E-state index is 11.8. The second-order valence-corrected chi connectivity index (χ2v) is 9.19. The van der Waals surface area contributed by atoms with Crippen LogP contribution in [-0.2, 0) is 28.5 Å². The normalized spacial score (nSPS) is 21.1. The van der Waals surface area contributed by atoms with Crippen LogP contribution in [0.2, 0.25) is 0 Å². The summed E-state index contributed by atoms with van der Waals surface area (Å²) in [6.07, 6.45) is 3.01. The highest BCUT2D eigenvalue weighted by molar-refractivity contribution is 5.84. The van der Waals surface area contributed by atoms with E-state index in [9.17, 15) is 14.4 Å². The Hall–Kier alpha value is -2.55. The lowest BCUT2D eigenvalue weighted by Crippen LogP contribution is -2.48. The van der Waals surface area contributed by atoms with Crippen LogP contribution in [0.15, 0.2) is 0 Å². The molecule has 0 aromatic carbocycles. The molecule has 4 atom stereocenters. The highest BCUT2D eigenvalue weighted by Crippen LogP contribution is 2.52. The van der Waals surface area contributed by atoms with E-state index in [-0.39, 0.29) is 19.1 Å². The number of fused-ring (bicyclic) bond motifs is 1. The molecule has 0 saturated heterocycles. The monoisotopic (exact) mass is 511 g/mol. The van der Waals surface area contributed by atoms with Crippen molar-refractivity contribution in [3.05, 3.63) is 0 Å². The lowest BCUT2D eigenvalue weighted by Gasteiger charge is -2.18. The number of hydrogen-bond donors (Lipinski definition) is 3. The number of hydrogen-bond acceptors (Lipinski definition) is 8. The summed E-state index contributed by atoms with van der Waals surface area (Å²) in [5, 5.41) is 5.12. The minimum Gasteiger partial charge on any atom is -0.449 e. The number of alkyl carbamates (subject to hydrolysis) is 2. The van der Waals surface area contributed by atoms with Crippen LogP contribution in [0.1, 0.15) is 39.5 Å². The third-order valence-electron chi connectivity index (χ3n) is 6.21. The Morgan fingerprint density at radius 2 is 1.39 bits per heavy atom. The van der Waals surface area contributed by atoms with Gasteiger partial charge in [-0.1, -0.05) is 13.8 Å². The summed E-state index contributed by atoms with van der Waals surface area (Å²) in [6.45, 7) is 6.51. The molecule has 1 unspecified atom stereocenters. The molecule has 11 heteroatoms. The molecule has 0 bridgehead atoms. The first kappa shape index (κ1) is 29.7. The van der Waals surface area contributed by atoms with E-state index in [0.29, 0.717) is 63.9 Å².